The van der Waals surface area contributed by atoms with Gasteiger partial charge in [-0.2, -0.15) is 11.8 Å². The lowest BCUT2D eigenvalue weighted by atomic mass is 9.85. The smallest absolute Gasteiger partial charge is 0.309 e. The molecule has 2 saturated heterocycles. The second-order valence-electron chi connectivity index (χ2n) is 7.39. The standard InChI is InChI=1S/C18H33N3O2S/c1-5-20-16(22)18(21(17(20)23)11-7-15(2)3)8-12-19(13-9-18)10-6-14-24-4/h15H,5-14H2,1-4H3. The third-order valence-electron chi connectivity index (χ3n) is 5.37. The van der Waals surface area contributed by atoms with E-state index in [1.807, 2.05) is 23.6 Å². The van der Waals surface area contributed by atoms with E-state index in [1.165, 1.54) is 17.1 Å². The highest BCUT2D eigenvalue weighted by Gasteiger charge is 2.57. The molecule has 138 valence electrons. The van der Waals surface area contributed by atoms with Crippen molar-refractivity contribution in [1.29, 1.82) is 0 Å². The van der Waals surface area contributed by atoms with E-state index in [0.29, 0.717) is 19.0 Å². The van der Waals surface area contributed by atoms with E-state index in [1.54, 1.807) is 0 Å². The fourth-order valence-electron chi connectivity index (χ4n) is 3.82. The van der Waals surface area contributed by atoms with E-state index < -0.39 is 5.54 Å². The number of carbonyl (C=O) groups is 2. The van der Waals surface area contributed by atoms with Gasteiger partial charge in [0.25, 0.3) is 5.91 Å². The number of hydrogen-bond acceptors (Lipinski definition) is 4. The van der Waals surface area contributed by atoms with Crippen LogP contribution < -0.4 is 0 Å². The number of amides is 3. The average Bonchev–Trinajstić information content (AvgIpc) is 2.75. The number of likely N-dealkylation sites (N-methyl/N-ethyl adjacent to an activating group) is 1. The van der Waals surface area contributed by atoms with E-state index in [2.05, 4.69) is 25.0 Å². The molecule has 3 amide bonds. The van der Waals surface area contributed by atoms with Crippen LogP contribution in [0.2, 0.25) is 0 Å². The third kappa shape index (κ3) is 3.90. The molecule has 0 aromatic carbocycles. The molecule has 2 rings (SSSR count). The van der Waals surface area contributed by atoms with Crippen molar-refractivity contribution in [1.82, 2.24) is 14.7 Å². The van der Waals surface area contributed by atoms with Crippen molar-refractivity contribution < 1.29 is 9.59 Å². The summed E-state index contributed by atoms with van der Waals surface area (Å²) < 4.78 is 0. The summed E-state index contributed by atoms with van der Waals surface area (Å²) in [6.45, 7) is 10.4. The van der Waals surface area contributed by atoms with Crippen LogP contribution in [0.15, 0.2) is 0 Å². The zero-order valence-electron chi connectivity index (χ0n) is 15.7. The fourth-order valence-corrected chi connectivity index (χ4v) is 4.24. The van der Waals surface area contributed by atoms with Gasteiger partial charge in [0.05, 0.1) is 0 Å². The van der Waals surface area contributed by atoms with Crippen molar-refractivity contribution in [3.8, 4) is 0 Å². The van der Waals surface area contributed by atoms with Gasteiger partial charge in [0.2, 0.25) is 0 Å². The molecule has 2 fully saturated rings. The first-order valence-corrected chi connectivity index (χ1v) is 10.7. The van der Waals surface area contributed by atoms with Crippen LogP contribution >= 0.6 is 11.8 Å². The van der Waals surface area contributed by atoms with Crippen LogP contribution in [0.25, 0.3) is 0 Å². The Morgan fingerprint density at radius 2 is 1.83 bits per heavy atom. The first-order valence-electron chi connectivity index (χ1n) is 9.31. The summed E-state index contributed by atoms with van der Waals surface area (Å²) in [4.78, 5) is 31.5. The van der Waals surface area contributed by atoms with E-state index in [-0.39, 0.29) is 11.9 Å². The molecule has 1 spiro atoms. The predicted molar refractivity (Wildman–Crippen MR) is 100 cm³/mol. The Morgan fingerprint density at radius 1 is 1.17 bits per heavy atom. The maximum absolute atomic E-state index is 13.0. The topological polar surface area (TPSA) is 43.9 Å². The Balaban J connectivity index is 2.07. The van der Waals surface area contributed by atoms with Crippen molar-refractivity contribution in [3.05, 3.63) is 0 Å². The molecular weight excluding hydrogens is 322 g/mol. The molecule has 0 saturated carbocycles. The monoisotopic (exact) mass is 355 g/mol. The molecule has 2 heterocycles. The normalized spacial score (nSPS) is 21.5. The van der Waals surface area contributed by atoms with Gasteiger partial charge in [-0.1, -0.05) is 13.8 Å². The van der Waals surface area contributed by atoms with Crippen molar-refractivity contribution in [2.45, 2.75) is 52.0 Å². The Morgan fingerprint density at radius 3 is 2.38 bits per heavy atom. The molecule has 0 aliphatic carbocycles. The van der Waals surface area contributed by atoms with Crippen LogP contribution in [0.5, 0.6) is 0 Å². The number of hydrogen-bond donors (Lipinski definition) is 0. The van der Waals surface area contributed by atoms with Crippen LogP contribution in [-0.2, 0) is 4.79 Å². The highest BCUT2D eigenvalue weighted by molar-refractivity contribution is 7.98. The van der Waals surface area contributed by atoms with E-state index in [4.69, 9.17) is 0 Å². The maximum Gasteiger partial charge on any atom is 0.327 e. The van der Waals surface area contributed by atoms with Gasteiger partial charge in [0.15, 0.2) is 0 Å². The van der Waals surface area contributed by atoms with Gasteiger partial charge in [0, 0.05) is 26.2 Å². The summed E-state index contributed by atoms with van der Waals surface area (Å²) in [5, 5.41) is 0. The van der Waals surface area contributed by atoms with Crippen LogP contribution in [-0.4, -0.2) is 76.9 Å². The highest BCUT2D eigenvalue weighted by atomic mass is 32.2. The number of carbonyl (C=O) groups excluding carboxylic acids is 2. The second-order valence-corrected chi connectivity index (χ2v) is 8.37. The maximum atomic E-state index is 13.0. The van der Waals surface area contributed by atoms with Crippen molar-refractivity contribution in [2.24, 2.45) is 5.92 Å². The number of piperidine rings is 1. The van der Waals surface area contributed by atoms with Gasteiger partial charge in [-0.05, 0) is 57.1 Å². The van der Waals surface area contributed by atoms with E-state index >= 15 is 0 Å². The Hall–Kier alpha value is -0.750. The van der Waals surface area contributed by atoms with E-state index in [0.717, 1.165) is 38.9 Å². The Kier molecular flexibility index (Phi) is 6.99. The van der Waals surface area contributed by atoms with Gasteiger partial charge in [-0.15, -0.1) is 0 Å². The van der Waals surface area contributed by atoms with Crippen molar-refractivity contribution in [3.63, 3.8) is 0 Å². The fraction of sp³-hybridized carbons (Fsp3) is 0.889. The summed E-state index contributed by atoms with van der Waals surface area (Å²) in [5.74, 6) is 1.76. The summed E-state index contributed by atoms with van der Waals surface area (Å²) in [6, 6.07) is -0.0704. The summed E-state index contributed by atoms with van der Waals surface area (Å²) in [5.41, 5.74) is -0.571. The Labute approximate surface area is 151 Å². The van der Waals surface area contributed by atoms with Gasteiger partial charge < -0.3 is 9.80 Å². The molecule has 0 N–H and O–H groups in total. The van der Waals surface area contributed by atoms with Gasteiger partial charge in [-0.3, -0.25) is 9.69 Å². The lowest BCUT2D eigenvalue weighted by molar-refractivity contribution is -0.135. The minimum Gasteiger partial charge on any atom is -0.309 e. The molecule has 5 nitrogen and oxygen atoms in total. The van der Waals surface area contributed by atoms with E-state index in [9.17, 15) is 9.59 Å². The highest BCUT2D eigenvalue weighted by Crippen LogP contribution is 2.37. The third-order valence-corrected chi connectivity index (χ3v) is 6.07. The van der Waals surface area contributed by atoms with Crippen molar-refractivity contribution >= 4 is 23.7 Å². The predicted octanol–water partition coefficient (Wildman–Crippen LogP) is 2.90. The molecule has 0 unspecified atom stereocenters. The van der Waals surface area contributed by atoms with Crippen molar-refractivity contribution in [2.75, 3.05) is 44.7 Å². The minimum absolute atomic E-state index is 0.0440. The zero-order chi connectivity index (χ0) is 17.7. The lowest BCUT2D eigenvalue weighted by Gasteiger charge is -2.42. The number of thioether (sulfide) groups is 1. The molecule has 0 aromatic rings. The largest absolute Gasteiger partial charge is 0.327 e. The Bertz CT molecular complexity index is 448. The summed E-state index contributed by atoms with van der Waals surface area (Å²) in [6.07, 6.45) is 5.85. The molecule has 0 radical (unpaired) electrons. The molecule has 2 aliphatic heterocycles. The number of likely N-dealkylation sites (tertiary alicyclic amines) is 1. The van der Waals surface area contributed by atoms with Gasteiger partial charge >= 0.3 is 6.03 Å². The van der Waals surface area contributed by atoms with Crippen LogP contribution in [0.3, 0.4) is 0 Å². The first kappa shape index (κ1) is 19.6. The number of imide groups is 1. The SMILES string of the molecule is CCN1C(=O)N(CCC(C)C)C2(CCN(CCCSC)CC2)C1=O. The van der Waals surface area contributed by atoms with Crippen LogP contribution in [0.1, 0.15) is 46.5 Å². The molecule has 0 bridgehead atoms. The quantitative estimate of drug-likeness (QED) is 0.496. The summed E-state index contributed by atoms with van der Waals surface area (Å²) in [7, 11) is 0. The van der Waals surface area contributed by atoms with Gasteiger partial charge in [0.1, 0.15) is 5.54 Å². The molecule has 2 aliphatic rings. The number of urea groups is 1. The molecule has 6 heteroatoms. The molecular formula is C18H33N3O2S. The van der Waals surface area contributed by atoms with Gasteiger partial charge in [-0.25, -0.2) is 4.79 Å². The summed E-state index contributed by atoms with van der Waals surface area (Å²) >= 11 is 1.88. The van der Waals surface area contributed by atoms with Crippen LogP contribution in [0, 0.1) is 5.92 Å². The first-order chi connectivity index (χ1) is 11.5. The molecule has 0 aromatic heterocycles. The molecule has 0 atom stereocenters. The zero-order valence-corrected chi connectivity index (χ0v) is 16.5. The lowest BCUT2D eigenvalue weighted by Crippen LogP contribution is -2.57. The second kappa shape index (κ2) is 8.56. The number of rotatable bonds is 8. The average molecular weight is 356 g/mol. The van der Waals surface area contributed by atoms with Crippen LogP contribution in [0.4, 0.5) is 4.79 Å². The number of nitrogens with zero attached hydrogens (tertiary/aromatic N) is 3. The molecule has 24 heavy (non-hydrogen) atoms. The minimum atomic E-state index is -0.571.